The largest absolute Gasteiger partial charge is 0.394 e. The molecule has 0 radical (unpaired) electrons. The van der Waals surface area contributed by atoms with E-state index < -0.39 is 0 Å². The van der Waals surface area contributed by atoms with Crippen LogP contribution in [0.15, 0.2) is 11.6 Å². The minimum Gasteiger partial charge on any atom is -0.394 e. The van der Waals surface area contributed by atoms with Crippen LogP contribution in [0.2, 0.25) is 0 Å². The molecule has 0 aromatic carbocycles. The molecule has 138 valence electrons. The van der Waals surface area contributed by atoms with Gasteiger partial charge in [-0.05, 0) is 92.4 Å². The lowest BCUT2D eigenvalue weighted by atomic mass is 9.49. The van der Waals surface area contributed by atoms with E-state index in [1.807, 2.05) is 6.08 Å². The number of aliphatic hydroxyl groups excluding tert-OH is 1. The summed E-state index contributed by atoms with van der Waals surface area (Å²) in [6.45, 7) is 5.45. The molecule has 4 saturated carbocycles. The first-order valence-electron chi connectivity index (χ1n) is 10.5. The van der Waals surface area contributed by atoms with Gasteiger partial charge in [0.2, 0.25) is 0 Å². The second-order valence-electron chi connectivity index (χ2n) is 9.86. The Kier molecular flexibility index (Phi) is 3.58. The molecular weight excluding hydrogens is 312 g/mol. The van der Waals surface area contributed by atoms with Crippen molar-refractivity contribution in [1.82, 2.24) is 0 Å². The van der Waals surface area contributed by atoms with E-state index in [0.29, 0.717) is 24.2 Å². The second-order valence-corrected chi connectivity index (χ2v) is 9.86. The summed E-state index contributed by atoms with van der Waals surface area (Å²) >= 11 is 0. The predicted octanol–water partition coefficient (Wildman–Crippen LogP) is 3.75. The summed E-state index contributed by atoms with van der Waals surface area (Å²) in [5.41, 5.74) is 1.70. The molecule has 0 aromatic heterocycles. The molecule has 5 rings (SSSR count). The van der Waals surface area contributed by atoms with E-state index in [9.17, 15) is 9.90 Å². The van der Waals surface area contributed by atoms with E-state index in [-0.39, 0.29) is 17.6 Å². The van der Waals surface area contributed by atoms with Crippen LogP contribution in [-0.2, 0) is 9.53 Å². The van der Waals surface area contributed by atoms with Gasteiger partial charge in [0.25, 0.3) is 0 Å². The fraction of sp³-hybridized carbons (Fsp3) is 0.864. The molecule has 3 nitrogen and oxygen atoms in total. The molecule has 6 unspecified atom stereocenters. The number of aliphatic hydroxyl groups is 1. The fourth-order valence-corrected chi connectivity index (χ4v) is 8.00. The molecule has 8 atom stereocenters. The quantitative estimate of drug-likeness (QED) is 0.848. The molecule has 0 heterocycles. The van der Waals surface area contributed by atoms with Gasteiger partial charge in [0.05, 0.1) is 18.8 Å². The van der Waals surface area contributed by atoms with Crippen LogP contribution in [0.25, 0.3) is 0 Å². The molecule has 25 heavy (non-hydrogen) atoms. The molecule has 0 amide bonds. The summed E-state index contributed by atoms with van der Waals surface area (Å²) in [5, 5.41) is 9.30. The summed E-state index contributed by atoms with van der Waals surface area (Å²) in [4.78, 5) is 11.8. The highest BCUT2D eigenvalue weighted by Gasteiger charge is 2.74. The van der Waals surface area contributed by atoms with Crippen LogP contribution in [0, 0.1) is 40.9 Å². The van der Waals surface area contributed by atoms with E-state index in [0.717, 1.165) is 42.9 Å². The van der Waals surface area contributed by atoms with Gasteiger partial charge < -0.3 is 9.84 Å². The number of carbonyl (C=O) groups excluding carboxylic acids is 1. The minimum atomic E-state index is -0.0469. The number of ketones is 1. The Bertz CT molecular complexity index is 625. The number of ether oxygens (including phenoxy) is 1. The van der Waals surface area contributed by atoms with Gasteiger partial charge in [0.1, 0.15) is 0 Å². The first kappa shape index (κ1) is 16.5. The van der Waals surface area contributed by atoms with Crippen molar-refractivity contribution in [2.45, 2.75) is 64.4 Å². The average molecular weight is 344 g/mol. The highest BCUT2D eigenvalue weighted by Crippen LogP contribution is 2.76. The third kappa shape index (κ3) is 2.09. The van der Waals surface area contributed by atoms with Crippen molar-refractivity contribution in [2.24, 2.45) is 40.9 Å². The Morgan fingerprint density at radius 3 is 2.80 bits per heavy atom. The average Bonchev–Trinajstić information content (AvgIpc) is 3.36. The number of fused-ring (bicyclic) bond motifs is 7. The van der Waals surface area contributed by atoms with E-state index in [4.69, 9.17) is 4.74 Å². The van der Waals surface area contributed by atoms with E-state index in [1.165, 1.54) is 31.3 Å². The third-order valence-corrected chi connectivity index (χ3v) is 9.19. The van der Waals surface area contributed by atoms with Gasteiger partial charge in [-0.3, -0.25) is 4.79 Å². The maximum absolute atomic E-state index is 11.8. The molecule has 0 aliphatic heterocycles. The van der Waals surface area contributed by atoms with Gasteiger partial charge in [0.15, 0.2) is 5.78 Å². The first-order valence-corrected chi connectivity index (χ1v) is 10.5. The SMILES string of the molecule is CC12CCC3C4CCC(=O)C=C4CCC3C1C1C[C@H]1[C@]2(C)OCCO. The highest BCUT2D eigenvalue weighted by molar-refractivity contribution is 5.91. The minimum absolute atomic E-state index is 0.0469. The maximum atomic E-state index is 11.8. The number of hydrogen-bond acceptors (Lipinski definition) is 3. The van der Waals surface area contributed by atoms with Crippen LogP contribution in [0.5, 0.6) is 0 Å². The van der Waals surface area contributed by atoms with Crippen molar-refractivity contribution < 1.29 is 14.6 Å². The zero-order chi connectivity index (χ0) is 17.4. The molecule has 5 aliphatic carbocycles. The van der Waals surface area contributed by atoms with E-state index in [1.54, 1.807) is 0 Å². The van der Waals surface area contributed by atoms with Gasteiger partial charge >= 0.3 is 0 Å². The molecule has 0 spiro atoms. The third-order valence-electron chi connectivity index (χ3n) is 9.19. The predicted molar refractivity (Wildman–Crippen MR) is 95.9 cm³/mol. The zero-order valence-corrected chi connectivity index (χ0v) is 15.7. The molecule has 0 aromatic rings. The number of carbonyl (C=O) groups is 1. The van der Waals surface area contributed by atoms with Crippen molar-refractivity contribution in [1.29, 1.82) is 0 Å². The molecule has 4 fully saturated rings. The zero-order valence-electron chi connectivity index (χ0n) is 15.7. The summed E-state index contributed by atoms with van der Waals surface area (Å²) in [6.07, 6.45) is 10.2. The van der Waals surface area contributed by atoms with Gasteiger partial charge in [-0.15, -0.1) is 0 Å². The summed E-state index contributed by atoms with van der Waals surface area (Å²) in [5.74, 6) is 5.01. The maximum Gasteiger partial charge on any atom is 0.155 e. The lowest BCUT2D eigenvalue weighted by Crippen LogP contribution is -2.55. The standard InChI is InChI=1S/C22H32O3/c1-21-8-7-16-15-6-4-14(24)11-13(15)3-5-17(16)20(21)18-12-19(18)22(21,2)25-10-9-23/h11,15-20,23H,3-10,12H2,1-2H3/t15?,16?,17?,18?,19-,20?,21?,22+/m1/s1. The first-order chi connectivity index (χ1) is 12.0. The summed E-state index contributed by atoms with van der Waals surface area (Å²) < 4.78 is 6.36. The Hall–Kier alpha value is -0.670. The monoisotopic (exact) mass is 344 g/mol. The lowest BCUT2D eigenvalue weighted by molar-refractivity contribution is -0.167. The fourth-order valence-electron chi connectivity index (χ4n) is 8.00. The Balaban J connectivity index is 1.45. The summed E-state index contributed by atoms with van der Waals surface area (Å²) in [7, 11) is 0. The van der Waals surface area contributed by atoms with Crippen molar-refractivity contribution in [3.05, 3.63) is 11.6 Å². The molecule has 0 saturated heterocycles. The van der Waals surface area contributed by atoms with E-state index in [2.05, 4.69) is 13.8 Å². The highest BCUT2D eigenvalue weighted by atomic mass is 16.5. The van der Waals surface area contributed by atoms with Crippen molar-refractivity contribution in [2.75, 3.05) is 13.2 Å². The Morgan fingerprint density at radius 1 is 1.16 bits per heavy atom. The molecule has 1 N–H and O–H groups in total. The molecular formula is C22H32O3. The number of rotatable bonds is 3. The van der Waals surface area contributed by atoms with Gasteiger partial charge in [0, 0.05) is 6.42 Å². The molecule has 5 aliphatic rings. The van der Waals surface area contributed by atoms with Crippen LogP contribution in [0.3, 0.4) is 0 Å². The van der Waals surface area contributed by atoms with Gasteiger partial charge in [-0.25, -0.2) is 0 Å². The second kappa shape index (κ2) is 5.42. The van der Waals surface area contributed by atoms with Crippen LogP contribution in [-0.4, -0.2) is 29.7 Å². The molecule has 3 heteroatoms. The summed E-state index contributed by atoms with van der Waals surface area (Å²) in [6, 6.07) is 0. The Labute approximate surface area is 151 Å². The van der Waals surface area contributed by atoms with E-state index >= 15 is 0 Å². The normalized spacial score (nSPS) is 53.4. The van der Waals surface area contributed by atoms with Crippen LogP contribution in [0.1, 0.15) is 58.8 Å². The van der Waals surface area contributed by atoms with Crippen molar-refractivity contribution >= 4 is 5.78 Å². The van der Waals surface area contributed by atoms with Crippen LogP contribution < -0.4 is 0 Å². The molecule has 0 bridgehead atoms. The van der Waals surface area contributed by atoms with Crippen LogP contribution in [0.4, 0.5) is 0 Å². The smallest absolute Gasteiger partial charge is 0.155 e. The topological polar surface area (TPSA) is 46.5 Å². The van der Waals surface area contributed by atoms with Gasteiger partial charge in [-0.2, -0.15) is 0 Å². The van der Waals surface area contributed by atoms with Crippen molar-refractivity contribution in [3.63, 3.8) is 0 Å². The Morgan fingerprint density at radius 2 is 2.00 bits per heavy atom. The number of hydrogen-bond donors (Lipinski definition) is 1. The van der Waals surface area contributed by atoms with Crippen molar-refractivity contribution in [3.8, 4) is 0 Å². The van der Waals surface area contributed by atoms with Gasteiger partial charge in [-0.1, -0.05) is 12.5 Å². The lowest BCUT2D eigenvalue weighted by Gasteiger charge is -2.57. The number of allylic oxidation sites excluding steroid dienone is 1. The van der Waals surface area contributed by atoms with Crippen LogP contribution >= 0.6 is 0 Å².